The molecule has 5 nitrogen and oxygen atoms in total. The lowest BCUT2D eigenvalue weighted by Gasteiger charge is -2.44. The van der Waals surface area contributed by atoms with E-state index in [1.54, 1.807) is 0 Å². The van der Waals surface area contributed by atoms with Gasteiger partial charge in [-0.25, -0.2) is 0 Å². The number of nitrogens with one attached hydrogen (secondary N) is 1. The number of amides is 1. The Kier molecular flexibility index (Phi) is 6.23. The quantitative estimate of drug-likeness (QED) is 0.847. The van der Waals surface area contributed by atoms with Gasteiger partial charge in [0.15, 0.2) is 0 Å². The molecule has 6 heteroatoms. The van der Waals surface area contributed by atoms with E-state index in [2.05, 4.69) is 28.4 Å². The number of fused-ring (bicyclic) bond motifs is 3. The molecule has 28 heavy (non-hydrogen) atoms. The minimum Gasteiger partial charge on any atom is -0.492 e. The Morgan fingerprint density at radius 3 is 2.79 bits per heavy atom. The molecule has 1 saturated heterocycles. The zero-order chi connectivity index (χ0) is 18.8. The molecule has 2 aliphatic rings. The number of rotatable bonds is 3. The van der Waals surface area contributed by atoms with Crippen LogP contribution in [0.4, 0.5) is 5.69 Å². The van der Waals surface area contributed by atoms with Crippen molar-refractivity contribution in [3.05, 3.63) is 59.2 Å². The van der Waals surface area contributed by atoms with E-state index in [0.29, 0.717) is 24.1 Å². The molecule has 0 spiro atoms. The fourth-order valence-corrected chi connectivity index (χ4v) is 4.25. The van der Waals surface area contributed by atoms with E-state index in [0.717, 1.165) is 37.4 Å². The number of benzene rings is 2. The van der Waals surface area contributed by atoms with Crippen molar-refractivity contribution in [3.8, 4) is 11.8 Å². The van der Waals surface area contributed by atoms with Crippen LogP contribution in [0.25, 0.3) is 0 Å². The van der Waals surface area contributed by atoms with Crippen molar-refractivity contribution < 1.29 is 9.53 Å². The molecule has 0 aromatic heterocycles. The van der Waals surface area contributed by atoms with Crippen molar-refractivity contribution >= 4 is 24.0 Å². The summed E-state index contributed by atoms with van der Waals surface area (Å²) >= 11 is 0. The normalized spacial score (nSPS) is 20.6. The molecule has 0 radical (unpaired) electrons. The lowest BCUT2D eigenvalue weighted by Crippen LogP contribution is -2.48. The van der Waals surface area contributed by atoms with Gasteiger partial charge in [0.05, 0.1) is 17.7 Å². The first kappa shape index (κ1) is 20.2. The maximum absolute atomic E-state index is 11.2. The maximum Gasteiger partial charge on any atom is 0.221 e. The predicted octanol–water partition coefficient (Wildman–Crippen LogP) is 4.08. The highest BCUT2D eigenvalue weighted by atomic mass is 35.5. The van der Waals surface area contributed by atoms with Crippen LogP contribution in [0.3, 0.4) is 0 Å². The zero-order valence-electron chi connectivity index (χ0n) is 15.9. The second kappa shape index (κ2) is 8.64. The van der Waals surface area contributed by atoms with Gasteiger partial charge >= 0.3 is 0 Å². The highest BCUT2D eigenvalue weighted by molar-refractivity contribution is 5.88. The first-order chi connectivity index (χ1) is 13.1. The molecule has 0 saturated carbocycles. The molecule has 146 valence electrons. The Labute approximate surface area is 171 Å². The number of likely N-dealkylation sites (tertiary alicyclic amines) is 1. The van der Waals surface area contributed by atoms with Gasteiger partial charge in [0.25, 0.3) is 0 Å². The summed E-state index contributed by atoms with van der Waals surface area (Å²) in [6, 6.07) is 16.4. The van der Waals surface area contributed by atoms with Gasteiger partial charge in [-0.15, -0.1) is 12.4 Å². The van der Waals surface area contributed by atoms with Crippen molar-refractivity contribution in [2.45, 2.75) is 38.3 Å². The highest BCUT2D eigenvalue weighted by Gasteiger charge is 2.37. The first-order valence-corrected chi connectivity index (χ1v) is 9.41. The summed E-state index contributed by atoms with van der Waals surface area (Å²) in [6.45, 7) is 4.11. The van der Waals surface area contributed by atoms with Crippen molar-refractivity contribution in [2.75, 3.05) is 18.5 Å². The lowest BCUT2D eigenvalue weighted by molar-refractivity contribution is -0.114. The fourth-order valence-electron chi connectivity index (χ4n) is 4.25. The number of carbonyl (C=O) groups excluding carboxylic acids is 1. The van der Waals surface area contributed by atoms with Gasteiger partial charge in [-0.3, -0.25) is 9.69 Å². The topological polar surface area (TPSA) is 65.4 Å². The van der Waals surface area contributed by atoms with Gasteiger partial charge in [-0.2, -0.15) is 5.26 Å². The molecule has 1 N–H and O–H groups in total. The lowest BCUT2D eigenvalue weighted by atomic mass is 9.81. The molecule has 0 bridgehead atoms. The minimum atomic E-state index is -0.0589. The van der Waals surface area contributed by atoms with E-state index in [-0.39, 0.29) is 18.3 Å². The van der Waals surface area contributed by atoms with Gasteiger partial charge in [0.1, 0.15) is 12.4 Å². The number of nitriles is 1. The average Bonchev–Trinajstić information content (AvgIpc) is 2.68. The Balaban J connectivity index is 0.00000225. The van der Waals surface area contributed by atoms with Gasteiger partial charge in [0.2, 0.25) is 5.91 Å². The number of hydrogen-bond acceptors (Lipinski definition) is 4. The summed E-state index contributed by atoms with van der Waals surface area (Å²) < 4.78 is 6.02. The Bertz CT molecular complexity index is 892. The third kappa shape index (κ3) is 4.14. The van der Waals surface area contributed by atoms with Crippen LogP contribution in [-0.4, -0.2) is 30.0 Å². The number of piperidine rings is 1. The van der Waals surface area contributed by atoms with Crippen molar-refractivity contribution in [1.82, 2.24) is 4.90 Å². The van der Waals surface area contributed by atoms with Gasteiger partial charge in [-0.1, -0.05) is 12.1 Å². The van der Waals surface area contributed by atoms with Crippen LogP contribution >= 0.6 is 12.4 Å². The molecule has 1 amide bonds. The summed E-state index contributed by atoms with van der Waals surface area (Å²) in [6.07, 6.45) is 2.27. The third-order valence-corrected chi connectivity index (χ3v) is 5.50. The SMILES string of the molecule is CC(=O)Nc1ccc(CN2CCCC3c4cc(C#N)ccc4OCC32)cc1.Cl. The van der Waals surface area contributed by atoms with E-state index in [4.69, 9.17) is 4.74 Å². The van der Waals surface area contributed by atoms with Crippen LogP contribution in [0.1, 0.15) is 42.4 Å². The Hall–Kier alpha value is -2.55. The summed E-state index contributed by atoms with van der Waals surface area (Å²) in [7, 11) is 0. The predicted molar refractivity (Wildman–Crippen MR) is 111 cm³/mol. The van der Waals surface area contributed by atoms with E-state index in [1.807, 2.05) is 30.3 Å². The number of carbonyl (C=O) groups is 1. The smallest absolute Gasteiger partial charge is 0.221 e. The molecule has 0 aliphatic carbocycles. The van der Waals surface area contributed by atoms with Crippen LogP contribution in [-0.2, 0) is 11.3 Å². The molecular formula is C22H24ClN3O2. The standard InChI is InChI=1S/C22H23N3O2.ClH/c1-15(26)24-18-7-4-16(5-8-18)13-25-10-2-3-19-20-11-17(12-23)6-9-22(20)27-14-21(19)25;/h4-9,11,19,21H,2-3,10,13-14H2,1H3,(H,24,26);1H. The van der Waals surface area contributed by atoms with Crippen molar-refractivity contribution in [3.63, 3.8) is 0 Å². The van der Waals surface area contributed by atoms with E-state index >= 15 is 0 Å². The Morgan fingerprint density at radius 1 is 1.29 bits per heavy atom. The van der Waals surface area contributed by atoms with E-state index < -0.39 is 0 Å². The third-order valence-electron chi connectivity index (χ3n) is 5.50. The molecule has 2 atom stereocenters. The molecule has 1 fully saturated rings. The summed E-state index contributed by atoms with van der Waals surface area (Å²) in [5, 5.41) is 12.0. The molecule has 2 unspecified atom stereocenters. The van der Waals surface area contributed by atoms with E-state index in [1.165, 1.54) is 18.1 Å². The van der Waals surface area contributed by atoms with Crippen molar-refractivity contribution in [2.24, 2.45) is 0 Å². The maximum atomic E-state index is 11.2. The molecule has 2 aromatic carbocycles. The molecule has 2 aromatic rings. The minimum absolute atomic E-state index is 0. The summed E-state index contributed by atoms with van der Waals surface area (Å²) in [5.74, 6) is 1.28. The van der Waals surface area contributed by atoms with Gasteiger partial charge < -0.3 is 10.1 Å². The molecular weight excluding hydrogens is 374 g/mol. The van der Waals surface area contributed by atoms with Gasteiger partial charge in [-0.05, 0) is 55.3 Å². The number of halogens is 1. The van der Waals surface area contributed by atoms with Gasteiger partial charge in [0, 0.05) is 30.6 Å². The van der Waals surface area contributed by atoms with Crippen LogP contribution in [0.2, 0.25) is 0 Å². The summed E-state index contributed by atoms with van der Waals surface area (Å²) in [4.78, 5) is 13.7. The number of hydrogen-bond donors (Lipinski definition) is 1. The van der Waals surface area contributed by atoms with Crippen molar-refractivity contribution in [1.29, 1.82) is 5.26 Å². The van der Waals surface area contributed by atoms with Crippen LogP contribution < -0.4 is 10.1 Å². The van der Waals surface area contributed by atoms with Crippen LogP contribution in [0.5, 0.6) is 5.75 Å². The number of anilines is 1. The second-order valence-electron chi connectivity index (χ2n) is 7.34. The highest BCUT2D eigenvalue weighted by Crippen LogP contribution is 2.42. The number of ether oxygens (including phenoxy) is 1. The average molecular weight is 398 g/mol. The Morgan fingerprint density at radius 2 is 2.07 bits per heavy atom. The largest absolute Gasteiger partial charge is 0.492 e. The fraction of sp³-hybridized carbons (Fsp3) is 0.364. The van der Waals surface area contributed by atoms with Crippen LogP contribution in [0.15, 0.2) is 42.5 Å². The first-order valence-electron chi connectivity index (χ1n) is 9.41. The monoisotopic (exact) mass is 397 g/mol. The molecule has 2 aliphatic heterocycles. The summed E-state index contributed by atoms with van der Waals surface area (Å²) in [5.41, 5.74) is 3.92. The van der Waals surface area contributed by atoms with Crippen LogP contribution in [0, 0.1) is 11.3 Å². The van der Waals surface area contributed by atoms with E-state index in [9.17, 15) is 10.1 Å². The second-order valence-corrected chi connectivity index (χ2v) is 7.34. The molecule has 2 heterocycles. The zero-order valence-corrected chi connectivity index (χ0v) is 16.7. The number of nitrogens with zero attached hydrogens (tertiary/aromatic N) is 2. The molecule has 4 rings (SSSR count).